The van der Waals surface area contributed by atoms with Gasteiger partial charge in [0.25, 0.3) is 0 Å². The first-order valence-corrected chi connectivity index (χ1v) is 5.42. The number of aromatic nitrogens is 2. The molecular formula is C10H7BrF3N3. The predicted octanol–water partition coefficient (Wildman–Crippen LogP) is 2.95. The van der Waals surface area contributed by atoms with E-state index in [-0.39, 0.29) is 11.3 Å². The molecule has 2 aromatic rings. The van der Waals surface area contributed by atoms with Gasteiger partial charge < -0.3 is 5.73 Å². The topological polar surface area (TPSA) is 51.8 Å². The van der Waals surface area contributed by atoms with Crippen molar-refractivity contribution in [3.63, 3.8) is 0 Å². The van der Waals surface area contributed by atoms with Gasteiger partial charge in [0.15, 0.2) is 5.65 Å². The molecule has 0 radical (unpaired) electrons. The molecule has 2 rings (SSSR count). The van der Waals surface area contributed by atoms with Crippen LogP contribution in [0.4, 0.5) is 13.2 Å². The average molecular weight is 306 g/mol. The van der Waals surface area contributed by atoms with Gasteiger partial charge in [0, 0.05) is 16.1 Å². The minimum absolute atomic E-state index is 0.236. The Morgan fingerprint density at radius 3 is 2.65 bits per heavy atom. The first kappa shape index (κ1) is 12.3. The summed E-state index contributed by atoms with van der Waals surface area (Å²) in [7, 11) is 0. The van der Waals surface area contributed by atoms with Crippen molar-refractivity contribution >= 4 is 27.0 Å². The summed E-state index contributed by atoms with van der Waals surface area (Å²) in [5.41, 5.74) is 5.07. The van der Waals surface area contributed by atoms with Crippen LogP contribution in [0.3, 0.4) is 0 Å². The van der Waals surface area contributed by atoms with E-state index in [9.17, 15) is 13.2 Å². The summed E-state index contributed by atoms with van der Waals surface area (Å²) in [5, 5.41) is 0.650. The second kappa shape index (κ2) is 4.23. The molecule has 0 bridgehead atoms. The third kappa shape index (κ3) is 2.55. The lowest BCUT2D eigenvalue weighted by atomic mass is 10.1. The highest BCUT2D eigenvalue weighted by molar-refractivity contribution is 9.10. The van der Waals surface area contributed by atoms with Gasteiger partial charge >= 0.3 is 6.18 Å². The van der Waals surface area contributed by atoms with Crippen LogP contribution >= 0.6 is 15.9 Å². The van der Waals surface area contributed by atoms with Crippen LogP contribution in [0.1, 0.15) is 11.7 Å². The number of alkyl halides is 3. The molecule has 90 valence electrons. The minimum atomic E-state index is -4.50. The van der Waals surface area contributed by atoms with Crippen LogP contribution in [0, 0.1) is 0 Å². The highest BCUT2D eigenvalue weighted by Gasteiger charge is 2.38. The van der Waals surface area contributed by atoms with Crippen molar-refractivity contribution in [2.24, 2.45) is 5.73 Å². The first-order chi connectivity index (χ1) is 7.88. The fourth-order valence-electron chi connectivity index (χ4n) is 1.34. The lowest BCUT2D eigenvalue weighted by Crippen LogP contribution is -2.29. The molecule has 0 aliphatic heterocycles. The van der Waals surface area contributed by atoms with Gasteiger partial charge in [-0.25, -0.2) is 9.97 Å². The Labute approximate surface area is 103 Å². The maximum absolute atomic E-state index is 12.4. The van der Waals surface area contributed by atoms with Gasteiger partial charge in [0.2, 0.25) is 0 Å². The molecule has 0 aliphatic rings. The summed E-state index contributed by atoms with van der Waals surface area (Å²) in [4.78, 5) is 7.73. The Hall–Kier alpha value is -1.21. The molecule has 0 saturated carbocycles. The van der Waals surface area contributed by atoms with Crippen LogP contribution in [0.2, 0.25) is 0 Å². The van der Waals surface area contributed by atoms with Crippen LogP contribution in [0.5, 0.6) is 0 Å². The molecule has 0 aliphatic carbocycles. The van der Waals surface area contributed by atoms with Crippen molar-refractivity contribution in [2.45, 2.75) is 12.2 Å². The number of rotatable bonds is 1. The van der Waals surface area contributed by atoms with Gasteiger partial charge in [0.1, 0.15) is 6.04 Å². The Morgan fingerprint density at radius 2 is 2.00 bits per heavy atom. The van der Waals surface area contributed by atoms with Crippen molar-refractivity contribution in [1.29, 1.82) is 0 Å². The van der Waals surface area contributed by atoms with E-state index in [1.807, 2.05) is 0 Å². The second-order valence-corrected chi connectivity index (χ2v) is 4.37. The normalized spacial score (nSPS) is 13.9. The highest BCUT2D eigenvalue weighted by Crippen LogP contribution is 2.30. The lowest BCUT2D eigenvalue weighted by molar-refractivity contribution is -0.149. The van der Waals surface area contributed by atoms with Crippen molar-refractivity contribution in [3.8, 4) is 0 Å². The van der Waals surface area contributed by atoms with Gasteiger partial charge in [-0.1, -0.05) is 0 Å². The van der Waals surface area contributed by atoms with Crippen LogP contribution in [0.15, 0.2) is 28.9 Å². The van der Waals surface area contributed by atoms with Crippen LogP contribution in [0.25, 0.3) is 11.0 Å². The quantitative estimate of drug-likeness (QED) is 0.881. The molecule has 0 fully saturated rings. The lowest BCUT2D eigenvalue weighted by Gasteiger charge is -2.14. The highest BCUT2D eigenvalue weighted by atomic mass is 79.9. The van der Waals surface area contributed by atoms with Crippen molar-refractivity contribution in [1.82, 2.24) is 9.97 Å². The standard InChI is InChI=1S/C10H7BrF3N3/c11-6-3-5-1-2-7(8(15)10(12,13)14)17-9(5)16-4-6/h1-4,8H,15H2. The van der Waals surface area contributed by atoms with Crippen molar-refractivity contribution in [3.05, 3.63) is 34.6 Å². The zero-order valence-electron chi connectivity index (χ0n) is 8.37. The zero-order valence-corrected chi connectivity index (χ0v) is 9.96. The molecule has 1 atom stereocenters. The summed E-state index contributed by atoms with van der Waals surface area (Å²) in [6.45, 7) is 0. The zero-order chi connectivity index (χ0) is 12.6. The van der Waals surface area contributed by atoms with E-state index in [0.717, 1.165) is 4.47 Å². The molecule has 3 nitrogen and oxygen atoms in total. The van der Waals surface area contributed by atoms with Crippen molar-refractivity contribution in [2.75, 3.05) is 0 Å². The minimum Gasteiger partial charge on any atom is -0.315 e. The Kier molecular flexibility index (Phi) is 3.05. The predicted molar refractivity (Wildman–Crippen MR) is 60.2 cm³/mol. The SMILES string of the molecule is NC(c1ccc2cc(Br)cnc2n1)C(F)(F)F. The van der Waals surface area contributed by atoms with E-state index in [4.69, 9.17) is 5.73 Å². The third-order valence-electron chi connectivity index (χ3n) is 2.20. The van der Waals surface area contributed by atoms with E-state index in [1.165, 1.54) is 18.3 Å². The number of nitrogens with zero attached hydrogens (tertiary/aromatic N) is 2. The monoisotopic (exact) mass is 305 g/mol. The molecular weight excluding hydrogens is 299 g/mol. The fourth-order valence-corrected chi connectivity index (χ4v) is 1.69. The smallest absolute Gasteiger partial charge is 0.315 e. The summed E-state index contributed by atoms with van der Waals surface area (Å²) in [6.07, 6.45) is -3.03. The van der Waals surface area contributed by atoms with Crippen LogP contribution in [-0.2, 0) is 0 Å². The van der Waals surface area contributed by atoms with Gasteiger partial charge in [0.05, 0.1) is 5.69 Å². The average Bonchev–Trinajstić information content (AvgIpc) is 2.26. The Balaban J connectivity index is 2.48. The Bertz CT molecular complexity index is 556. The number of halogens is 4. The van der Waals surface area contributed by atoms with E-state index < -0.39 is 12.2 Å². The van der Waals surface area contributed by atoms with E-state index in [2.05, 4.69) is 25.9 Å². The van der Waals surface area contributed by atoms with E-state index in [0.29, 0.717) is 5.39 Å². The van der Waals surface area contributed by atoms with Gasteiger partial charge in [-0.15, -0.1) is 0 Å². The molecule has 0 aromatic carbocycles. The number of nitrogens with two attached hydrogens (primary N) is 1. The largest absolute Gasteiger partial charge is 0.409 e. The summed E-state index contributed by atoms with van der Waals surface area (Å²) >= 11 is 3.22. The van der Waals surface area contributed by atoms with Crippen LogP contribution < -0.4 is 5.73 Å². The maximum Gasteiger partial charge on any atom is 0.409 e. The summed E-state index contributed by atoms with van der Waals surface area (Å²) in [6, 6.07) is 2.41. The maximum atomic E-state index is 12.4. The third-order valence-corrected chi connectivity index (χ3v) is 2.64. The molecule has 2 heterocycles. The molecule has 2 N–H and O–H groups in total. The molecule has 1 unspecified atom stereocenters. The number of hydrogen-bond acceptors (Lipinski definition) is 3. The number of hydrogen-bond donors (Lipinski definition) is 1. The van der Waals surface area contributed by atoms with E-state index in [1.54, 1.807) is 6.07 Å². The molecule has 0 spiro atoms. The molecule has 17 heavy (non-hydrogen) atoms. The van der Waals surface area contributed by atoms with E-state index >= 15 is 0 Å². The van der Waals surface area contributed by atoms with Gasteiger partial charge in [-0.05, 0) is 34.1 Å². The van der Waals surface area contributed by atoms with Gasteiger partial charge in [-0.2, -0.15) is 13.2 Å². The molecule has 0 saturated heterocycles. The summed E-state index contributed by atoms with van der Waals surface area (Å²) in [5.74, 6) is 0. The molecule has 2 aromatic heterocycles. The number of fused-ring (bicyclic) bond motifs is 1. The van der Waals surface area contributed by atoms with Crippen LogP contribution in [-0.4, -0.2) is 16.1 Å². The number of pyridine rings is 2. The second-order valence-electron chi connectivity index (χ2n) is 3.46. The Morgan fingerprint density at radius 1 is 1.29 bits per heavy atom. The molecule has 0 amide bonds. The summed E-state index contributed by atoms with van der Waals surface area (Å²) < 4.78 is 38.0. The fraction of sp³-hybridized carbons (Fsp3) is 0.200. The first-order valence-electron chi connectivity index (χ1n) is 4.62. The van der Waals surface area contributed by atoms with Crippen molar-refractivity contribution < 1.29 is 13.2 Å². The van der Waals surface area contributed by atoms with Gasteiger partial charge in [-0.3, -0.25) is 0 Å². The molecule has 7 heteroatoms.